The van der Waals surface area contributed by atoms with Crippen molar-refractivity contribution in [1.82, 2.24) is 25.0 Å². The Morgan fingerprint density at radius 2 is 1.82 bits per heavy atom. The van der Waals surface area contributed by atoms with Gasteiger partial charge in [0.25, 0.3) is 0 Å². The zero-order valence-corrected chi connectivity index (χ0v) is 24.2. The summed E-state index contributed by atoms with van der Waals surface area (Å²) in [5, 5.41) is 13.3. The van der Waals surface area contributed by atoms with Gasteiger partial charge in [0.05, 0.1) is 28.2 Å². The lowest BCUT2D eigenvalue weighted by atomic mass is 10.1. The zero-order valence-electron chi connectivity index (χ0n) is 23.3. The van der Waals surface area contributed by atoms with Crippen LogP contribution in [0.1, 0.15) is 45.4 Å². The van der Waals surface area contributed by atoms with Gasteiger partial charge in [0.15, 0.2) is 0 Å². The Labute approximate surface area is 233 Å². The quantitative estimate of drug-likeness (QED) is 0.561. The molecule has 4 rings (SSSR count). The summed E-state index contributed by atoms with van der Waals surface area (Å²) < 4.78 is 5.46. The molecule has 2 N–H and O–H groups in total. The minimum Gasteiger partial charge on any atom is -0.444 e. The Kier molecular flexibility index (Phi) is 8.93. The second kappa shape index (κ2) is 12.0. The second-order valence-electron chi connectivity index (χ2n) is 11.3. The lowest BCUT2D eigenvalue weighted by Gasteiger charge is -2.39. The van der Waals surface area contributed by atoms with E-state index < -0.39 is 23.8 Å². The van der Waals surface area contributed by atoms with Crippen molar-refractivity contribution in [3.05, 3.63) is 41.0 Å². The Hall–Kier alpha value is -3.02. The van der Waals surface area contributed by atoms with Crippen molar-refractivity contribution in [2.45, 2.75) is 71.4 Å². The highest BCUT2D eigenvalue weighted by Crippen LogP contribution is 2.27. The number of likely N-dealkylation sites (tertiary alicyclic amines) is 1. The SMILES string of the molecule is Cc1ncsc1-c1ccc(CNC(=O)[C@@H]2C[C@@H](O)CN2C(=O)[C@@H](C)N2CCN(C(=O)OC(C)(C)C)CC2)cc1. The van der Waals surface area contributed by atoms with Crippen LogP contribution in [0, 0.1) is 6.92 Å². The van der Waals surface area contributed by atoms with Gasteiger partial charge in [-0.25, -0.2) is 9.78 Å². The number of amides is 3. The Morgan fingerprint density at radius 3 is 2.41 bits per heavy atom. The second-order valence-corrected chi connectivity index (χ2v) is 12.1. The summed E-state index contributed by atoms with van der Waals surface area (Å²) in [7, 11) is 0. The number of aliphatic hydroxyl groups is 1. The van der Waals surface area contributed by atoms with E-state index in [4.69, 9.17) is 4.74 Å². The van der Waals surface area contributed by atoms with Crippen LogP contribution in [-0.2, 0) is 20.9 Å². The molecule has 1 aromatic carbocycles. The summed E-state index contributed by atoms with van der Waals surface area (Å²) in [5.41, 5.74) is 4.29. The van der Waals surface area contributed by atoms with Crippen LogP contribution in [0.2, 0.25) is 0 Å². The Morgan fingerprint density at radius 1 is 1.15 bits per heavy atom. The highest BCUT2D eigenvalue weighted by molar-refractivity contribution is 7.13. The largest absolute Gasteiger partial charge is 0.444 e. The number of thiazole rings is 1. The average molecular weight is 558 g/mol. The van der Waals surface area contributed by atoms with Gasteiger partial charge in [-0.15, -0.1) is 11.3 Å². The first kappa shape index (κ1) is 29.0. The number of nitrogens with zero attached hydrogens (tertiary/aromatic N) is 4. The van der Waals surface area contributed by atoms with E-state index in [1.165, 1.54) is 4.90 Å². The van der Waals surface area contributed by atoms with Gasteiger partial charge in [0, 0.05) is 45.7 Å². The molecule has 212 valence electrons. The standard InChI is InChI=1S/C28H39N5O5S/c1-18-24(39-17-30-18)21-8-6-20(7-9-21)15-29-25(35)23-14-22(34)16-33(23)26(36)19(2)31-10-12-32(13-11-31)27(37)38-28(3,4)5/h6-9,17,19,22-23,34H,10-16H2,1-5H3,(H,29,35)/t19-,22-,23+/m1/s1. The summed E-state index contributed by atoms with van der Waals surface area (Å²) >= 11 is 1.59. The minimum absolute atomic E-state index is 0.127. The molecule has 39 heavy (non-hydrogen) atoms. The number of aryl methyl sites for hydroxylation is 1. The molecule has 3 amide bonds. The highest BCUT2D eigenvalue weighted by atomic mass is 32.1. The molecule has 0 spiro atoms. The van der Waals surface area contributed by atoms with Crippen molar-refractivity contribution >= 4 is 29.2 Å². The Bertz CT molecular complexity index is 1170. The molecular weight excluding hydrogens is 518 g/mol. The number of β-amino-alcohol motifs (C(OH)–C–C–N with tert-alkyl or cyclic N) is 1. The summed E-state index contributed by atoms with van der Waals surface area (Å²) in [6, 6.07) is 6.77. The first-order valence-electron chi connectivity index (χ1n) is 13.4. The van der Waals surface area contributed by atoms with Gasteiger partial charge in [-0.1, -0.05) is 24.3 Å². The van der Waals surface area contributed by atoms with Gasteiger partial charge in [-0.2, -0.15) is 0 Å². The van der Waals surface area contributed by atoms with E-state index >= 15 is 0 Å². The monoisotopic (exact) mass is 557 g/mol. The number of aliphatic hydroxyl groups excluding tert-OH is 1. The summed E-state index contributed by atoms with van der Waals surface area (Å²) in [4.78, 5) is 49.5. The number of nitrogens with one attached hydrogen (secondary N) is 1. The minimum atomic E-state index is -0.747. The van der Waals surface area contributed by atoms with Crippen LogP contribution in [0.15, 0.2) is 29.8 Å². The van der Waals surface area contributed by atoms with Gasteiger partial charge in [0.1, 0.15) is 11.6 Å². The van der Waals surface area contributed by atoms with Gasteiger partial charge in [-0.05, 0) is 45.7 Å². The van der Waals surface area contributed by atoms with Crippen molar-refractivity contribution in [3.8, 4) is 10.4 Å². The number of carbonyl (C=O) groups is 3. The van der Waals surface area contributed by atoms with E-state index in [0.717, 1.165) is 21.7 Å². The molecule has 0 radical (unpaired) electrons. The number of piperazine rings is 1. The van der Waals surface area contributed by atoms with Crippen LogP contribution in [0.3, 0.4) is 0 Å². The fourth-order valence-electron chi connectivity index (χ4n) is 4.98. The fourth-order valence-corrected chi connectivity index (χ4v) is 5.79. The summed E-state index contributed by atoms with van der Waals surface area (Å²) in [6.45, 7) is 11.7. The van der Waals surface area contributed by atoms with E-state index in [1.54, 1.807) is 16.2 Å². The lowest BCUT2D eigenvalue weighted by molar-refractivity contribution is -0.142. The van der Waals surface area contributed by atoms with E-state index in [-0.39, 0.29) is 30.9 Å². The van der Waals surface area contributed by atoms with Crippen LogP contribution in [-0.4, -0.2) is 99.2 Å². The van der Waals surface area contributed by atoms with Gasteiger partial charge in [0.2, 0.25) is 11.8 Å². The maximum absolute atomic E-state index is 13.4. The number of hydrogen-bond acceptors (Lipinski definition) is 8. The number of benzene rings is 1. The molecule has 2 fully saturated rings. The molecule has 0 aliphatic carbocycles. The van der Waals surface area contributed by atoms with Gasteiger partial charge < -0.3 is 25.0 Å². The molecule has 2 aliphatic rings. The van der Waals surface area contributed by atoms with Crippen molar-refractivity contribution in [2.75, 3.05) is 32.7 Å². The van der Waals surface area contributed by atoms with Gasteiger partial charge >= 0.3 is 6.09 Å². The molecule has 11 heteroatoms. The highest BCUT2D eigenvalue weighted by Gasteiger charge is 2.41. The molecule has 10 nitrogen and oxygen atoms in total. The van der Waals surface area contributed by atoms with Crippen molar-refractivity contribution < 1.29 is 24.2 Å². The third kappa shape index (κ3) is 7.14. The molecule has 0 unspecified atom stereocenters. The maximum Gasteiger partial charge on any atom is 0.410 e. The molecule has 2 aliphatic heterocycles. The molecule has 2 aromatic rings. The van der Waals surface area contributed by atoms with Gasteiger partial charge in [-0.3, -0.25) is 14.5 Å². The average Bonchev–Trinajstić information content (AvgIpc) is 3.51. The third-order valence-corrected chi connectivity index (χ3v) is 8.14. The topological polar surface area (TPSA) is 115 Å². The predicted octanol–water partition coefficient (Wildman–Crippen LogP) is 2.64. The molecule has 3 atom stereocenters. The van der Waals surface area contributed by atoms with E-state index in [1.807, 2.05) is 69.3 Å². The number of hydrogen-bond donors (Lipinski definition) is 2. The Balaban J connectivity index is 1.31. The first-order valence-corrected chi connectivity index (χ1v) is 14.3. The number of rotatable bonds is 6. The van der Waals surface area contributed by atoms with E-state index in [9.17, 15) is 19.5 Å². The van der Waals surface area contributed by atoms with Crippen molar-refractivity contribution in [1.29, 1.82) is 0 Å². The molecule has 2 saturated heterocycles. The maximum atomic E-state index is 13.4. The summed E-state index contributed by atoms with van der Waals surface area (Å²) in [5.74, 6) is -0.467. The third-order valence-electron chi connectivity index (χ3n) is 7.16. The smallest absolute Gasteiger partial charge is 0.410 e. The predicted molar refractivity (Wildman–Crippen MR) is 149 cm³/mol. The molecule has 0 saturated carbocycles. The number of ether oxygens (including phenoxy) is 1. The summed E-state index contributed by atoms with van der Waals surface area (Å²) in [6.07, 6.45) is -0.892. The molecule has 0 bridgehead atoms. The van der Waals surface area contributed by atoms with Crippen LogP contribution >= 0.6 is 11.3 Å². The van der Waals surface area contributed by atoms with E-state index in [2.05, 4.69) is 10.3 Å². The number of aromatic nitrogens is 1. The van der Waals surface area contributed by atoms with Crippen LogP contribution < -0.4 is 5.32 Å². The zero-order chi connectivity index (χ0) is 28.3. The number of carbonyl (C=O) groups excluding carboxylic acids is 3. The van der Waals surface area contributed by atoms with E-state index in [0.29, 0.717) is 32.7 Å². The molecule has 1 aromatic heterocycles. The van der Waals surface area contributed by atoms with Crippen molar-refractivity contribution in [2.24, 2.45) is 0 Å². The molecular formula is C28H39N5O5S. The lowest BCUT2D eigenvalue weighted by Crippen LogP contribution is -2.57. The molecule has 3 heterocycles. The first-order chi connectivity index (χ1) is 18.4. The fraction of sp³-hybridized carbons (Fsp3) is 0.571. The normalized spacial score (nSPS) is 21.1. The van der Waals surface area contributed by atoms with Crippen molar-refractivity contribution in [3.63, 3.8) is 0 Å². The van der Waals surface area contributed by atoms with Crippen LogP contribution in [0.25, 0.3) is 10.4 Å². The van der Waals surface area contributed by atoms with Crippen LogP contribution in [0.4, 0.5) is 4.79 Å². The van der Waals surface area contributed by atoms with Crippen LogP contribution in [0.5, 0.6) is 0 Å².